The SMILES string of the molecule is CC(=O)c1ccncc1Cl.[C-]#[N+]CC(=O)c1ccncc1Cl. The fourth-order valence-electron chi connectivity index (χ4n) is 1.42. The highest BCUT2D eigenvalue weighted by Crippen LogP contribution is 2.14. The van der Waals surface area contributed by atoms with Crippen LogP contribution in [-0.4, -0.2) is 28.1 Å². The molecule has 0 amide bonds. The minimum absolute atomic E-state index is 0.0348. The summed E-state index contributed by atoms with van der Waals surface area (Å²) < 4.78 is 0. The van der Waals surface area contributed by atoms with Crippen LogP contribution in [0, 0.1) is 6.57 Å². The second-order valence-corrected chi connectivity index (χ2v) is 4.82. The molecular weight excluding hydrogens is 325 g/mol. The highest BCUT2D eigenvalue weighted by atomic mass is 35.5. The minimum Gasteiger partial charge on any atom is -0.308 e. The molecule has 2 rings (SSSR count). The van der Waals surface area contributed by atoms with Gasteiger partial charge in [-0.15, -0.1) is 0 Å². The fourth-order valence-corrected chi connectivity index (χ4v) is 1.90. The number of halogens is 2. The first-order chi connectivity index (χ1) is 10.5. The van der Waals surface area contributed by atoms with Gasteiger partial charge in [0.1, 0.15) is 0 Å². The van der Waals surface area contributed by atoms with E-state index in [4.69, 9.17) is 29.8 Å². The summed E-state index contributed by atoms with van der Waals surface area (Å²) >= 11 is 11.3. The highest BCUT2D eigenvalue weighted by Gasteiger charge is 2.11. The van der Waals surface area contributed by atoms with E-state index in [0.717, 1.165) is 0 Å². The first-order valence-corrected chi connectivity index (χ1v) is 6.79. The molecule has 0 aromatic carbocycles. The largest absolute Gasteiger partial charge is 0.308 e. The summed E-state index contributed by atoms with van der Waals surface area (Å²) in [6.07, 6.45) is 5.86. The van der Waals surface area contributed by atoms with Gasteiger partial charge in [-0.1, -0.05) is 23.2 Å². The van der Waals surface area contributed by atoms with Crippen molar-refractivity contribution >= 4 is 34.8 Å². The maximum atomic E-state index is 11.1. The number of rotatable bonds is 3. The third kappa shape index (κ3) is 5.24. The molecule has 0 aliphatic heterocycles. The van der Waals surface area contributed by atoms with Crippen molar-refractivity contribution < 1.29 is 9.59 Å². The lowest BCUT2D eigenvalue weighted by molar-refractivity contribution is 0.100. The minimum atomic E-state index is -0.266. The zero-order valence-corrected chi connectivity index (χ0v) is 13.1. The number of nitrogens with zero attached hydrogens (tertiary/aromatic N) is 3. The predicted octanol–water partition coefficient (Wildman–Crippen LogP) is 3.77. The van der Waals surface area contributed by atoms with Gasteiger partial charge in [0.05, 0.1) is 10.0 Å². The van der Waals surface area contributed by atoms with Gasteiger partial charge in [0.15, 0.2) is 5.78 Å². The zero-order chi connectivity index (χ0) is 16.5. The van der Waals surface area contributed by atoms with Gasteiger partial charge in [-0.25, -0.2) is 6.57 Å². The van der Waals surface area contributed by atoms with Gasteiger partial charge < -0.3 is 4.85 Å². The summed E-state index contributed by atoms with van der Waals surface area (Å²) in [7, 11) is 0. The van der Waals surface area contributed by atoms with Gasteiger partial charge in [0, 0.05) is 35.9 Å². The standard InChI is InChI=1S/C8H5ClN2O.C7H6ClNO/c1-10-5-8(12)6-2-3-11-4-7(6)9;1-5(10)6-2-3-9-4-7(6)8/h2-4H,5H2;2-4H,1H3. The predicted molar refractivity (Wildman–Crippen MR) is 84.3 cm³/mol. The summed E-state index contributed by atoms with van der Waals surface area (Å²) in [5.74, 6) is -0.301. The van der Waals surface area contributed by atoms with E-state index in [1.807, 2.05) is 0 Å². The van der Waals surface area contributed by atoms with E-state index in [-0.39, 0.29) is 18.1 Å². The maximum Gasteiger partial charge on any atom is 0.276 e. The number of aromatic nitrogens is 2. The van der Waals surface area contributed by atoms with Crippen molar-refractivity contribution in [1.29, 1.82) is 0 Å². The van der Waals surface area contributed by atoms with Crippen molar-refractivity contribution in [1.82, 2.24) is 9.97 Å². The molecule has 0 aliphatic rings. The first-order valence-electron chi connectivity index (χ1n) is 6.03. The topological polar surface area (TPSA) is 64.3 Å². The fraction of sp³-hybridized carbons (Fsp3) is 0.133. The van der Waals surface area contributed by atoms with E-state index in [1.54, 1.807) is 12.3 Å². The molecule has 0 radical (unpaired) electrons. The van der Waals surface area contributed by atoms with Crippen LogP contribution >= 0.6 is 23.2 Å². The normalized spacial score (nSPS) is 9.18. The van der Waals surface area contributed by atoms with Gasteiger partial charge in [-0.3, -0.25) is 19.6 Å². The molecule has 0 saturated carbocycles. The molecule has 22 heavy (non-hydrogen) atoms. The van der Waals surface area contributed by atoms with Crippen LogP contribution in [0.25, 0.3) is 4.85 Å². The Bertz CT molecular complexity index is 727. The lowest BCUT2D eigenvalue weighted by Crippen LogP contribution is -2.02. The third-order valence-electron chi connectivity index (χ3n) is 2.45. The maximum absolute atomic E-state index is 11.1. The zero-order valence-electron chi connectivity index (χ0n) is 11.6. The van der Waals surface area contributed by atoms with E-state index >= 15 is 0 Å². The van der Waals surface area contributed by atoms with Gasteiger partial charge >= 0.3 is 0 Å². The summed E-state index contributed by atoms with van der Waals surface area (Å²) in [4.78, 5) is 32.3. The summed E-state index contributed by atoms with van der Waals surface area (Å²) in [5, 5.41) is 0.709. The van der Waals surface area contributed by atoms with Gasteiger partial charge in [-0.2, -0.15) is 0 Å². The van der Waals surface area contributed by atoms with E-state index in [2.05, 4.69) is 14.8 Å². The monoisotopic (exact) mass is 335 g/mol. The average molecular weight is 336 g/mol. The molecule has 7 heteroatoms. The number of pyridine rings is 2. The number of carbonyl (C=O) groups excluding carboxylic acids is 2. The number of Topliss-reactive ketones (excluding diaryl/α,β-unsaturated/α-hetero) is 2. The molecule has 5 nitrogen and oxygen atoms in total. The van der Waals surface area contributed by atoms with Crippen LogP contribution in [0.4, 0.5) is 0 Å². The van der Waals surface area contributed by atoms with Gasteiger partial charge in [0.25, 0.3) is 6.54 Å². The van der Waals surface area contributed by atoms with Crippen molar-refractivity contribution in [2.75, 3.05) is 6.54 Å². The van der Waals surface area contributed by atoms with E-state index in [9.17, 15) is 9.59 Å². The Labute approximate surface area is 137 Å². The molecule has 0 fully saturated rings. The van der Waals surface area contributed by atoms with Crippen LogP contribution in [0.2, 0.25) is 10.0 Å². The molecule has 0 atom stereocenters. The van der Waals surface area contributed by atoms with Crippen LogP contribution in [0.3, 0.4) is 0 Å². The second-order valence-electron chi connectivity index (χ2n) is 4.01. The van der Waals surface area contributed by atoms with Crippen LogP contribution < -0.4 is 0 Å². The molecule has 0 aliphatic carbocycles. The Morgan fingerprint density at radius 3 is 1.95 bits per heavy atom. The van der Waals surface area contributed by atoms with Crippen molar-refractivity contribution in [3.8, 4) is 0 Å². The second kappa shape index (κ2) is 8.88. The average Bonchev–Trinajstić information content (AvgIpc) is 2.48. The van der Waals surface area contributed by atoms with Gasteiger partial charge in [0.2, 0.25) is 5.78 Å². The van der Waals surface area contributed by atoms with E-state index in [1.165, 1.54) is 31.6 Å². The van der Waals surface area contributed by atoms with Crippen LogP contribution in [-0.2, 0) is 0 Å². The number of hydrogen-bond acceptors (Lipinski definition) is 4. The Hall–Kier alpha value is -2.29. The van der Waals surface area contributed by atoms with Crippen molar-refractivity contribution in [2.24, 2.45) is 0 Å². The van der Waals surface area contributed by atoms with E-state index in [0.29, 0.717) is 21.2 Å². The molecule has 0 N–H and O–H groups in total. The van der Waals surface area contributed by atoms with E-state index < -0.39 is 0 Å². The van der Waals surface area contributed by atoms with Crippen molar-refractivity contribution in [2.45, 2.75) is 6.92 Å². The number of hydrogen-bond donors (Lipinski definition) is 0. The summed E-state index contributed by atoms with van der Waals surface area (Å²) in [5.41, 5.74) is 0.888. The molecule has 2 aromatic heterocycles. The number of ketones is 2. The van der Waals surface area contributed by atoms with Crippen LogP contribution in [0.5, 0.6) is 0 Å². The summed E-state index contributed by atoms with van der Waals surface area (Å²) in [6.45, 7) is 7.81. The number of carbonyl (C=O) groups is 2. The molecule has 112 valence electrons. The highest BCUT2D eigenvalue weighted by molar-refractivity contribution is 6.34. The first kappa shape index (κ1) is 17.8. The molecule has 0 spiro atoms. The summed E-state index contributed by atoms with van der Waals surface area (Å²) in [6, 6.07) is 3.11. The van der Waals surface area contributed by atoms with Crippen LogP contribution in [0.1, 0.15) is 27.6 Å². The molecule has 0 bridgehead atoms. The molecule has 2 heterocycles. The lowest BCUT2D eigenvalue weighted by atomic mass is 10.2. The molecule has 2 aromatic rings. The Morgan fingerprint density at radius 1 is 1.09 bits per heavy atom. The smallest absolute Gasteiger partial charge is 0.276 e. The van der Waals surface area contributed by atoms with Gasteiger partial charge in [-0.05, 0) is 19.1 Å². The molecule has 0 saturated heterocycles. The Morgan fingerprint density at radius 2 is 1.59 bits per heavy atom. The third-order valence-corrected chi connectivity index (χ3v) is 3.05. The van der Waals surface area contributed by atoms with Crippen molar-refractivity contribution in [3.05, 3.63) is 69.5 Å². The van der Waals surface area contributed by atoms with Crippen molar-refractivity contribution in [3.63, 3.8) is 0 Å². The molecular formula is C15H11Cl2N3O2. The molecule has 0 unspecified atom stereocenters. The Kier molecular flexibility index (Phi) is 7.17. The quantitative estimate of drug-likeness (QED) is 0.632. The van der Waals surface area contributed by atoms with Crippen LogP contribution in [0.15, 0.2) is 36.9 Å². The lowest BCUT2D eigenvalue weighted by Gasteiger charge is -1.95. The Balaban J connectivity index is 0.000000224.